The molecule has 1 amide bonds. The van der Waals surface area contributed by atoms with Crippen molar-refractivity contribution in [3.05, 3.63) is 90.1 Å². The first-order chi connectivity index (χ1) is 17.7. The van der Waals surface area contributed by atoms with Gasteiger partial charge in [-0.3, -0.25) is 4.79 Å². The molecule has 1 aliphatic heterocycles. The Bertz CT molecular complexity index is 1550. The highest BCUT2D eigenvalue weighted by atomic mass is 16.5. The van der Waals surface area contributed by atoms with Gasteiger partial charge in [-0.25, -0.2) is 0 Å². The van der Waals surface area contributed by atoms with E-state index in [2.05, 4.69) is 28.2 Å². The minimum atomic E-state index is -0.618. The van der Waals surface area contributed by atoms with Crippen LogP contribution in [-0.2, 0) is 0 Å². The monoisotopic (exact) mass is 479 g/mol. The first-order valence-electron chi connectivity index (χ1n) is 12.5. The molecular weight excluding hydrogens is 450 g/mol. The van der Waals surface area contributed by atoms with E-state index in [9.17, 15) is 9.90 Å². The molecule has 0 saturated carbocycles. The number of carbonyl (C=O) groups excluding carboxylic acids is 1. The van der Waals surface area contributed by atoms with Crippen molar-refractivity contribution in [1.29, 1.82) is 0 Å². The summed E-state index contributed by atoms with van der Waals surface area (Å²) in [5.41, 5.74) is 4.86. The molecule has 6 rings (SSSR count). The smallest absolute Gasteiger partial charge is 0.270 e. The number of nitrogens with one attached hydrogen (secondary N) is 2. The van der Waals surface area contributed by atoms with Crippen LogP contribution in [-0.4, -0.2) is 51.7 Å². The number of nitrogens with zero attached hydrogens (tertiary/aromatic N) is 1. The lowest BCUT2D eigenvalue weighted by Crippen LogP contribution is -2.32. The molecular formula is C30H29N3O3. The summed E-state index contributed by atoms with van der Waals surface area (Å²) < 4.78 is 6.10. The van der Waals surface area contributed by atoms with Crippen LogP contribution in [0.15, 0.2) is 84.4 Å². The number of aromatic nitrogens is 2. The predicted octanol–water partition coefficient (Wildman–Crippen LogP) is 5.79. The number of ether oxygens (including phenoxy) is 1. The molecule has 5 aromatic rings. The fourth-order valence-electron chi connectivity index (χ4n) is 5.20. The number of H-pyrrole nitrogens is 2. The van der Waals surface area contributed by atoms with Crippen LogP contribution in [0.5, 0.6) is 5.75 Å². The SMILES string of the molecule is O=C(c1cc2ccccc2[nH]1)N1CCC=C(CC(O)COc2cccc3[nH]c4ccccc4c23)CC1. The topological polar surface area (TPSA) is 81.3 Å². The van der Waals surface area contributed by atoms with Crippen LogP contribution in [0.2, 0.25) is 0 Å². The molecule has 1 aliphatic rings. The molecule has 1 unspecified atom stereocenters. The molecule has 0 spiro atoms. The van der Waals surface area contributed by atoms with Gasteiger partial charge in [0.05, 0.1) is 11.6 Å². The number of carbonyl (C=O) groups is 1. The largest absolute Gasteiger partial charge is 0.490 e. The highest BCUT2D eigenvalue weighted by Gasteiger charge is 2.21. The minimum Gasteiger partial charge on any atom is -0.490 e. The molecule has 182 valence electrons. The molecule has 1 atom stereocenters. The van der Waals surface area contributed by atoms with Gasteiger partial charge in [-0.05, 0) is 49.6 Å². The van der Waals surface area contributed by atoms with E-state index in [0.29, 0.717) is 25.2 Å². The molecule has 3 heterocycles. The molecule has 3 N–H and O–H groups in total. The summed E-state index contributed by atoms with van der Waals surface area (Å²) in [6.45, 7) is 1.53. The van der Waals surface area contributed by atoms with Crippen LogP contribution in [0.25, 0.3) is 32.7 Å². The Balaban J connectivity index is 1.07. The number of amides is 1. The third-order valence-electron chi connectivity index (χ3n) is 7.00. The number of aliphatic hydroxyl groups excluding tert-OH is 1. The quantitative estimate of drug-likeness (QED) is 0.270. The molecule has 6 nitrogen and oxygen atoms in total. The average Bonchev–Trinajstić information content (AvgIpc) is 3.43. The van der Waals surface area contributed by atoms with E-state index in [1.54, 1.807) is 0 Å². The second kappa shape index (κ2) is 9.55. The van der Waals surface area contributed by atoms with Crippen LogP contribution in [0.3, 0.4) is 0 Å². The Labute approximate surface area is 209 Å². The fourth-order valence-corrected chi connectivity index (χ4v) is 5.20. The number of rotatable bonds is 6. The Morgan fingerprint density at radius 2 is 1.75 bits per heavy atom. The van der Waals surface area contributed by atoms with E-state index < -0.39 is 6.10 Å². The first kappa shape index (κ1) is 22.4. The zero-order valence-electron chi connectivity index (χ0n) is 20.0. The van der Waals surface area contributed by atoms with Crippen LogP contribution >= 0.6 is 0 Å². The zero-order valence-corrected chi connectivity index (χ0v) is 20.0. The van der Waals surface area contributed by atoms with Crippen LogP contribution < -0.4 is 4.74 Å². The highest BCUT2D eigenvalue weighted by molar-refractivity contribution is 6.10. The van der Waals surface area contributed by atoms with E-state index in [4.69, 9.17) is 4.74 Å². The van der Waals surface area contributed by atoms with Crippen molar-refractivity contribution in [2.75, 3.05) is 19.7 Å². The summed E-state index contributed by atoms with van der Waals surface area (Å²) in [6.07, 6.45) is 3.62. The summed E-state index contributed by atoms with van der Waals surface area (Å²) in [7, 11) is 0. The molecule has 2 aromatic heterocycles. The second-order valence-corrected chi connectivity index (χ2v) is 9.48. The Morgan fingerprint density at radius 3 is 2.64 bits per heavy atom. The summed E-state index contributed by atoms with van der Waals surface area (Å²) in [5, 5.41) is 14.0. The maximum atomic E-state index is 13.1. The Hall–Kier alpha value is -4.03. The van der Waals surface area contributed by atoms with Gasteiger partial charge in [0.25, 0.3) is 5.91 Å². The molecule has 36 heavy (non-hydrogen) atoms. The van der Waals surface area contributed by atoms with Gasteiger partial charge >= 0.3 is 0 Å². The lowest BCUT2D eigenvalue weighted by atomic mass is 10.0. The third kappa shape index (κ3) is 4.36. The summed E-state index contributed by atoms with van der Waals surface area (Å²) in [6, 6.07) is 24.0. The normalized spacial score (nSPS) is 15.2. The van der Waals surface area contributed by atoms with Gasteiger partial charge in [0.2, 0.25) is 0 Å². The number of fused-ring (bicyclic) bond motifs is 4. The number of hydrogen-bond donors (Lipinski definition) is 3. The Kier molecular flexibility index (Phi) is 5.95. The third-order valence-corrected chi connectivity index (χ3v) is 7.00. The highest BCUT2D eigenvalue weighted by Crippen LogP contribution is 2.33. The number of para-hydroxylation sites is 2. The maximum absolute atomic E-state index is 13.1. The predicted molar refractivity (Wildman–Crippen MR) is 143 cm³/mol. The lowest BCUT2D eigenvalue weighted by molar-refractivity contribution is 0.0757. The van der Waals surface area contributed by atoms with E-state index in [0.717, 1.165) is 51.3 Å². The van der Waals surface area contributed by atoms with E-state index in [1.807, 2.05) is 65.6 Å². The van der Waals surface area contributed by atoms with Crippen LogP contribution in [0.1, 0.15) is 29.8 Å². The molecule has 0 bridgehead atoms. The number of aliphatic hydroxyl groups is 1. The molecule has 6 heteroatoms. The molecule has 0 radical (unpaired) electrons. The van der Waals surface area contributed by atoms with Crippen molar-refractivity contribution in [3.8, 4) is 5.75 Å². The Morgan fingerprint density at radius 1 is 0.944 bits per heavy atom. The lowest BCUT2D eigenvalue weighted by Gasteiger charge is -2.20. The van der Waals surface area contributed by atoms with Gasteiger partial charge in [0.1, 0.15) is 18.1 Å². The van der Waals surface area contributed by atoms with Crippen molar-refractivity contribution in [3.63, 3.8) is 0 Å². The van der Waals surface area contributed by atoms with E-state index in [1.165, 1.54) is 5.57 Å². The van der Waals surface area contributed by atoms with Gasteiger partial charge in [-0.15, -0.1) is 0 Å². The van der Waals surface area contributed by atoms with Crippen molar-refractivity contribution in [2.45, 2.75) is 25.4 Å². The van der Waals surface area contributed by atoms with Crippen molar-refractivity contribution in [1.82, 2.24) is 14.9 Å². The summed E-state index contributed by atoms with van der Waals surface area (Å²) >= 11 is 0. The van der Waals surface area contributed by atoms with Gasteiger partial charge in [-0.1, -0.05) is 54.1 Å². The second-order valence-electron chi connectivity index (χ2n) is 9.48. The van der Waals surface area contributed by atoms with Gasteiger partial charge in [0.15, 0.2) is 0 Å². The molecule has 0 aliphatic carbocycles. The van der Waals surface area contributed by atoms with Crippen molar-refractivity contribution in [2.24, 2.45) is 0 Å². The van der Waals surface area contributed by atoms with Gasteiger partial charge in [-0.2, -0.15) is 0 Å². The summed E-state index contributed by atoms with van der Waals surface area (Å²) in [5.74, 6) is 0.797. The molecule has 0 saturated heterocycles. The van der Waals surface area contributed by atoms with Gasteiger partial charge in [0, 0.05) is 40.3 Å². The van der Waals surface area contributed by atoms with Crippen molar-refractivity contribution < 1.29 is 14.6 Å². The number of aromatic amines is 2. The first-order valence-corrected chi connectivity index (χ1v) is 12.5. The van der Waals surface area contributed by atoms with Crippen molar-refractivity contribution >= 4 is 38.6 Å². The average molecular weight is 480 g/mol. The standard InChI is InChI=1S/C30H29N3O3/c34-22(19-36-28-13-5-12-26-29(28)23-9-2-4-11-25(23)32-26)17-20-7-6-15-33(16-14-20)30(35)27-18-21-8-1-3-10-24(21)31-27/h1-5,7-13,18,22,31-32,34H,6,14-17,19H2. The molecule has 0 fully saturated rings. The van der Waals surface area contributed by atoms with Crippen LogP contribution in [0.4, 0.5) is 0 Å². The van der Waals surface area contributed by atoms with Crippen LogP contribution in [0, 0.1) is 0 Å². The maximum Gasteiger partial charge on any atom is 0.270 e. The van der Waals surface area contributed by atoms with Gasteiger partial charge < -0.3 is 24.7 Å². The number of hydrogen-bond acceptors (Lipinski definition) is 3. The van der Waals surface area contributed by atoms with E-state index >= 15 is 0 Å². The van der Waals surface area contributed by atoms with E-state index in [-0.39, 0.29) is 12.5 Å². The minimum absolute atomic E-state index is 0.0246. The summed E-state index contributed by atoms with van der Waals surface area (Å²) in [4.78, 5) is 21.7. The fraction of sp³-hybridized carbons (Fsp3) is 0.233. The molecule has 3 aromatic carbocycles. The number of benzene rings is 3. The zero-order chi connectivity index (χ0) is 24.5.